The highest BCUT2D eigenvalue weighted by Crippen LogP contribution is 2.33. The van der Waals surface area contributed by atoms with E-state index in [0.29, 0.717) is 11.5 Å². The van der Waals surface area contributed by atoms with Gasteiger partial charge in [-0.25, -0.2) is 4.98 Å². The zero-order chi connectivity index (χ0) is 18.2. The Bertz CT molecular complexity index is 967. The van der Waals surface area contributed by atoms with Gasteiger partial charge in [-0.1, -0.05) is 18.2 Å². The van der Waals surface area contributed by atoms with E-state index in [1.54, 1.807) is 6.20 Å². The summed E-state index contributed by atoms with van der Waals surface area (Å²) in [6, 6.07) is 9.88. The highest BCUT2D eigenvalue weighted by atomic mass is 16.2. The first-order valence-corrected chi connectivity index (χ1v) is 9.93. The number of hydrogen-bond acceptors (Lipinski definition) is 3. The van der Waals surface area contributed by atoms with E-state index in [0.717, 1.165) is 49.3 Å². The van der Waals surface area contributed by atoms with E-state index in [2.05, 4.69) is 20.7 Å². The molecule has 2 fully saturated rings. The molecule has 1 amide bonds. The largest absolute Gasteiger partial charge is 0.339 e. The van der Waals surface area contributed by atoms with E-state index in [1.807, 2.05) is 41.4 Å². The number of piperidine rings is 1. The van der Waals surface area contributed by atoms with Crippen LogP contribution < -0.4 is 0 Å². The molecule has 0 spiro atoms. The fourth-order valence-corrected chi connectivity index (χ4v) is 4.12. The average molecular weight is 360 g/mol. The van der Waals surface area contributed by atoms with Crippen molar-refractivity contribution in [2.24, 2.45) is 5.92 Å². The van der Waals surface area contributed by atoms with Crippen LogP contribution in [0.5, 0.6) is 0 Å². The van der Waals surface area contributed by atoms with Crippen molar-refractivity contribution in [3.8, 4) is 0 Å². The Hall–Kier alpha value is -2.69. The molecule has 27 heavy (non-hydrogen) atoms. The molecule has 2 aliphatic rings. The predicted octanol–water partition coefficient (Wildman–Crippen LogP) is 3.86. The van der Waals surface area contributed by atoms with Crippen molar-refractivity contribution in [1.82, 2.24) is 19.4 Å². The quantitative estimate of drug-likeness (QED) is 0.710. The van der Waals surface area contributed by atoms with Gasteiger partial charge in [-0.3, -0.25) is 9.78 Å². The number of imidazole rings is 1. The lowest BCUT2D eigenvalue weighted by atomic mass is 9.95. The first-order valence-electron chi connectivity index (χ1n) is 9.93. The first-order chi connectivity index (χ1) is 13.3. The molecule has 5 rings (SSSR count). The van der Waals surface area contributed by atoms with Crippen molar-refractivity contribution >= 4 is 16.8 Å². The summed E-state index contributed by atoms with van der Waals surface area (Å²) >= 11 is 0. The zero-order valence-corrected chi connectivity index (χ0v) is 15.4. The van der Waals surface area contributed by atoms with E-state index in [9.17, 15) is 4.79 Å². The molecule has 0 N–H and O–H groups in total. The summed E-state index contributed by atoms with van der Waals surface area (Å²) < 4.78 is 2.34. The maximum atomic E-state index is 12.9. The van der Waals surface area contributed by atoms with Gasteiger partial charge in [0.1, 0.15) is 5.82 Å². The Morgan fingerprint density at radius 2 is 1.89 bits per heavy atom. The number of para-hydroxylation sites is 1. The van der Waals surface area contributed by atoms with Gasteiger partial charge in [-0.2, -0.15) is 0 Å². The molecule has 0 bridgehead atoms. The summed E-state index contributed by atoms with van der Waals surface area (Å²) in [6.07, 6.45) is 10.4. The number of carbonyl (C=O) groups excluding carboxylic acids is 1. The minimum Gasteiger partial charge on any atom is -0.339 e. The molecule has 1 saturated heterocycles. The maximum Gasteiger partial charge on any atom is 0.255 e. The van der Waals surface area contributed by atoms with Crippen molar-refractivity contribution in [2.45, 2.75) is 38.1 Å². The molecule has 3 aromatic rings. The summed E-state index contributed by atoms with van der Waals surface area (Å²) in [4.78, 5) is 24.0. The van der Waals surface area contributed by atoms with Crippen LogP contribution in [0.15, 0.2) is 48.9 Å². The van der Waals surface area contributed by atoms with Crippen LogP contribution in [-0.4, -0.2) is 38.4 Å². The van der Waals surface area contributed by atoms with Gasteiger partial charge in [0.2, 0.25) is 0 Å². The Morgan fingerprint density at radius 1 is 1.07 bits per heavy atom. The number of hydrogen-bond donors (Lipinski definition) is 0. The van der Waals surface area contributed by atoms with Gasteiger partial charge in [0.15, 0.2) is 0 Å². The third-order valence-corrected chi connectivity index (χ3v) is 5.88. The third kappa shape index (κ3) is 3.34. The number of nitrogens with zero attached hydrogens (tertiary/aromatic N) is 4. The molecule has 1 aliphatic carbocycles. The van der Waals surface area contributed by atoms with Crippen LogP contribution in [0.2, 0.25) is 0 Å². The Labute approximate surface area is 159 Å². The number of carbonyl (C=O) groups is 1. The number of fused-ring (bicyclic) bond motifs is 1. The van der Waals surface area contributed by atoms with Gasteiger partial charge < -0.3 is 9.47 Å². The van der Waals surface area contributed by atoms with Crippen LogP contribution >= 0.6 is 0 Å². The van der Waals surface area contributed by atoms with Crippen molar-refractivity contribution < 1.29 is 4.79 Å². The van der Waals surface area contributed by atoms with Crippen molar-refractivity contribution in [3.05, 3.63) is 60.3 Å². The lowest BCUT2D eigenvalue weighted by molar-refractivity contribution is 0.0710. The predicted molar refractivity (Wildman–Crippen MR) is 105 cm³/mol. The fraction of sp³-hybridized carbons (Fsp3) is 0.409. The van der Waals surface area contributed by atoms with Crippen LogP contribution in [0.4, 0.5) is 0 Å². The molecule has 0 atom stereocenters. The highest BCUT2D eigenvalue weighted by Gasteiger charge is 2.29. The topological polar surface area (TPSA) is 51.0 Å². The standard InChI is InChI=1S/C22H24N4O/c27-22(19-13-18-3-1-2-4-20(18)24-14-19)25-10-7-17(8-11-25)21-23-9-12-26(21)15-16-5-6-16/h1-4,9,12-14,16-17H,5-8,10-11,15H2. The maximum absolute atomic E-state index is 12.9. The average Bonchev–Trinajstić information content (AvgIpc) is 3.42. The Balaban J connectivity index is 1.27. The van der Waals surface area contributed by atoms with Crippen LogP contribution in [0, 0.1) is 5.92 Å². The van der Waals surface area contributed by atoms with E-state index in [1.165, 1.54) is 18.7 Å². The van der Waals surface area contributed by atoms with E-state index >= 15 is 0 Å². The first kappa shape index (κ1) is 16.5. The number of aromatic nitrogens is 3. The molecule has 0 unspecified atom stereocenters. The van der Waals surface area contributed by atoms with Gasteiger partial charge in [0.05, 0.1) is 11.1 Å². The molecule has 1 saturated carbocycles. The molecule has 2 aromatic heterocycles. The van der Waals surface area contributed by atoms with Crippen LogP contribution in [0.1, 0.15) is 47.8 Å². The summed E-state index contributed by atoms with van der Waals surface area (Å²) in [5.74, 6) is 2.60. The number of rotatable bonds is 4. The molecule has 138 valence electrons. The molecule has 1 aliphatic heterocycles. The summed E-state index contributed by atoms with van der Waals surface area (Å²) in [7, 11) is 0. The number of benzene rings is 1. The number of amides is 1. The highest BCUT2D eigenvalue weighted by molar-refractivity contribution is 5.97. The lowest BCUT2D eigenvalue weighted by Gasteiger charge is -2.32. The molecule has 5 nitrogen and oxygen atoms in total. The fourth-order valence-electron chi connectivity index (χ4n) is 4.12. The molecule has 3 heterocycles. The molecule has 5 heteroatoms. The van der Waals surface area contributed by atoms with Gasteiger partial charge in [-0.15, -0.1) is 0 Å². The van der Waals surface area contributed by atoms with Crippen LogP contribution in [0.25, 0.3) is 10.9 Å². The SMILES string of the molecule is O=C(c1cnc2ccccc2c1)N1CCC(c2nccn2CC2CC2)CC1. The molecular formula is C22H24N4O. The van der Waals surface area contributed by atoms with E-state index in [-0.39, 0.29) is 5.91 Å². The van der Waals surface area contributed by atoms with Crippen LogP contribution in [-0.2, 0) is 6.54 Å². The Morgan fingerprint density at radius 3 is 2.70 bits per heavy atom. The minimum atomic E-state index is 0.0908. The second-order valence-corrected chi connectivity index (χ2v) is 7.86. The molecule has 1 aromatic carbocycles. The second kappa shape index (κ2) is 6.80. The van der Waals surface area contributed by atoms with Crippen molar-refractivity contribution in [1.29, 1.82) is 0 Å². The van der Waals surface area contributed by atoms with Gasteiger partial charge in [0, 0.05) is 49.5 Å². The Kier molecular flexibility index (Phi) is 4.15. The molecule has 0 radical (unpaired) electrons. The smallest absolute Gasteiger partial charge is 0.255 e. The van der Waals surface area contributed by atoms with Gasteiger partial charge in [-0.05, 0) is 43.7 Å². The van der Waals surface area contributed by atoms with E-state index < -0.39 is 0 Å². The minimum absolute atomic E-state index is 0.0908. The summed E-state index contributed by atoms with van der Waals surface area (Å²) in [5, 5.41) is 1.01. The van der Waals surface area contributed by atoms with Gasteiger partial charge in [0.25, 0.3) is 5.91 Å². The monoisotopic (exact) mass is 360 g/mol. The second-order valence-electron chi connectivity index (χ2n) is 7.86. The van der Waals surface area contributed by atoms with Crippen molar-refractivity contribution in [2.75, 3.05) is 13.1 Å². The summed E-state index contributed by atoms with van der Waals surface area (Å²) in [6.45, 7) is 2.68. The summed E-state index contributed by atoms with van der Waals surface area (Å²) in [5.41, 5.74) is 1.61. The molecular weight excluding hydrogens is 336 g/mol. The number of likely N-dealkylation sites (tertiary alicyclic amines) is 1. The lowest BCUT2D eigenvalue weighted by Crippen LogP contribution is -2.38. The zero-order valence-electron chi connectivity index (χ0n) is 15.4. The third-order valence-electron chi connectivity index (χ3n) is 5.88. The van der Waals surface area contributed by atoms with Gasteiger partial charge >= 0.3 is 0 Å². The van der Waals surface area contributed by atoms with Crippen LogP contribution in [0.3, 0.4) is 0 Å². The van der Waals surface area contributed by atoms with Crippen molar-refractivity contribution in [3.63, 3.8) is 0 Å². The normalized spacial score (nSPS) is 18.1. The van der Waals surface area contributed by atoms with E-state index in [4.69, 9.17) is 0 Å². The number of pyridine rings is 1.